The lowest BCUT2D eigenvalue weighted by Crippen LogP contribution is -2.33. The number of ether oxygens (including phenoxy) is 6. The number of benzene rings is 1. The summed E-state index contributed by atoms with van der Waals surface area (Å²) in [5.74, 6) is 0. The summed E-state index contributed by atoms with van der Waals surface area (Å²) in [5.41, 5.74) is 0.487. The average Bonchev–Trinajstić information content (AvgIpc) is 2.84. The zero-order chi connectivity index (χ0) is 28.1. The summed E-state index contributed by atoms with van der Waals surface area (Å²) in [6.07, 6.45) is 1.25. The van der Waals surface area contributed by atoms with E-state index in [4.69, 9.17) is 32.6 Å². The molecule has 1 aromatic carbocycles. The number of rotatable bonds is 22. The molecule has 0 aromatic heterocycles. The topological polar surface area (TPSA) is 128 Å². The lowest BCUT2D eigenvalue weighted by Gasteiger charge is -2.19. The Morgan fingerprint density at radius 3 is 1.63 bits per heavy atom. The third-order valence-electron chi connectivity index (χ3n) is 4.65. The summed E-state index contributed by atoms with van der Waals surface area (Å²) in [5, 5.41) is 2.71. The highest BCUT2D eigenvalue weighted by molar-refractivity contribution is 7.86. The molecule has 0 aliphatic heterocycles. The molecule has 0 unspecified atom stereocenters. The zero-order valence-electron chi connectivity index (χ0n) is 23.2. The number of hydrogen-bond donors (Lipinski definition) is 1. The molecule has 0 fully saturated rings. The maximum absolute atomic E-state index is 12.0. The molecular weight excluding hydrogens is 518 g/mol. The van der Waals surface area contributed by atoms with E-state index >= 15 is 0 Å². The maximum Gasteiger partial charge on any atom is 0.407 e. The van der Waals surface area contributed by atoms with Crippen LogP contribution in [0.2, 0.25) is 0 Å². The number of amides is 1. The number of aryl methyl sites for hydroxylation is 1. The van der Waals surface area contributed by atoms with Crippen molar-refractivity contribution in [1.82, 2.24) is 5.32 Å². The molecule has 0 bridgehead atoms. The summed E-state index contributed by atoms with van der Waals surface area (Å²) in [6, 6.07) is 6.47. The van der Waals surface area contributed by atoms with Crippen LogP contribution in [-0.2, 0) is 42.7 Å². The van der Waals surface area contributed by atoms with Gasteiger partial charge in [0.15, 0.2) is 0 Å². The molecule has 0 saturated carbocycles. The summed E-state index contributed by atoms with van der Waals surface area (Å²) >= 11 is 0. The molecule has 1 amide bonds. The Hall–Kier alpha value is -1.80. The lowest BCUT2D eigenvalue weighted by molar-refractivity contribution is -0.0127. The van der Waals surface area contributed by atoms with Gasteiger partial charge in [-0.15, -0.1) is 0 Å². The normalized spacial score (nSPS) is 12.0. The van der Waals surface area contributed by atoms with Crippen LogP contribution < -0.4 is 5.32 Å². The fourth-order valence-electron chi connectivity index (χ4n) is 2.79. The minimum atomic E-state index is -3.77. The SMILES string of the molecule is Cc1ccc(S(=O)(=O)OCCOCCOCCOCCOCCOCCCCNC(=O)OC(C)(C)C)cc1. The molecule has 38 heavy (non-hydrogen) atoms. The molecule has 12 heteroatoms. The molecule has 0 aliphatic carbocycles. The molecule has 0 heterocycles. The first-order valence-electron chi connectivity index (χ1n) is 12.9. The average molecular weight is 564 g/mol. The molecule has 1 aromatic rings. The van der Waals surface area contributed by atoms with E-state index in [0.29, 0.717) is 66.0 Å². The minimum Gasteiger partial charge on any atom is -0.444 e. The Bertz CT molecular complexity index is 841. The highest BCUT2D eigenvalue weighted by atomic mass is 32.2. The van der Waals surface area contributed by atoms with Gasteiger partial charge in [0.05, 0.1) is 71.0 Å². The highest BCUT2D eigenvalue weighted by Gasteiger charge is 2.15. The molecule has 0 spiro atoms. The van der Waals surface area contributed by atoms with Gasteiger partial charge >= 0.3 is 6.09 Å². The molecule has 0 radical (unpaired) electrons. The fraction of sp³-hybridized carbons (Fsp3) is 0.731. The highest BCUT2D eigenvalue weighted by Crippen LogP contribution is 2.13. The van der Waals surface area contributed by atoms with Gasteiger partial charge in [-0.1, -0.05) is 17.7 Å². The summed E-state index contributed by atoms with van der Waals surface area (Å²) in [7, 11) is -3.77. The van der Waals surface area contributed by atoms with Crippen molar-refractivity contribution in [3.05, 3.63) is 29.8 Å². The van der Waals surface area contributed by atoms with Crippen LogP contribution in [0.4, 0.5) is 4.79 Å². The molecule has 0 aliphatic rings. The number of carbonyl (C=O) groups is 1. The van der Waals surface area contributed by atoms with Crippen LogP contribution >= 0.6 is 0 Å². The standard InChI is InChI=1S/C26H45NO10S/c1-23-7-9-24(10-8-23)38(29,30)36-22-21-35-20-19-34-18-17-33-16-15-32-14-13-31-12-6-5-11-27-25(28)37-26(2,3)4/h7-10H,5-6,11-22H2,1-4H3,(H,27,28). The largest absolute Gasteiger partial charge is 0.444 e. The van der Waals surface area contributed by atoms with Crippen LogP contribution in [0.5, 0.6) is 0 Å². The minimum absolute atomic E-state index is 0.0578. The van der Waals surface area contributed by atoms with Crippen molar-refractivity contribution < 1.29 is 45.8 Å². The number of alkyl carbamates (subject to hydrolysis) is 1. The monoisotopic (exact) mass is 563 g/mol. The van der Waals surface area contributed by atoms with E-state index in [-0.39, 0.29) is 18.1 Å². The first-order chi connectivity index (χ1) is 18.1. The number of unbranched alkanes of at least 4 members (excludes halogenated alkanes) is 1. The second kappa shape index (κ2) is 20.2. The van der Waals surface area contributed by atoms with Crippen molar-refractivity contribution in [2.75, 3.05) is 79.2 Å². The predicted molar refractivity (Wildman–Crippen MR) is 142 cm³/mol. The van der Waals surface area contributed by atoms with E-state index < -0.39 is 21.8 Å². The van der Waals surface area contributed by atoms with Gasteiger partial charge in [0.25, 0.3) is 10.1 Å². The summed E-state index contributed by atoms with van der Waals surface area (Å²) in [4.78, 5) is 11.6. The summed E-state index contributed by atoms with van der Waals surface area (Å²) in [6.45, 7) is 12.1. The fourth-order valence-corrected chi connectivity index (χ4v) is 3.68. The Morgan fingerprint density at radius 1 is 0.711 bits per heavy atom. The first kappa shape index (κ1) is 34.2. The smallest absolute Gasteiger partial charge is 0.407 e. The third-order valence-corrected chi connectivity index (χ3v) is 5.97. The van der Waals surface area contributed by atoms with Gasteiger partial charge in [-0.05, 0) is 52.7 Å². The quantitative estimate of drug-likeness (QED) is 0.166. The van der Waals surface area contributed by atoms with E-state index in [1.165, 1.54) is 12.1 Å². The lowest BCUT2D eigenvalue weighted by atomic mass is 10.2. The van der Waals surface area contributed by atoms with Gasteiger partial charge in [0, 0.05) is 13.2 Å². The zero-order valence-corrected chi connectivity index (χ0v) is 24.0. The van der Waals surface area contributed by atoms with E-state index in [1.54, 1.807) is 12.1 Å². The predicted octanol–water partition coefficient (Wildman–Crippen LogP) is 3.09. The number of carbonyl (C=O) groups excluding carboxylic acids is 1. The van der Waals surface area contributed by atoms with Crippen LogP contribution in [0.25, 0.3) is 0 Å². The van der Waals surface area contributed by atoms with Gasteiger partial charge in [-0.3, -0.25) is 4.18 Å². The number of hydrogen-bond acceptors (Lipinski definition) is 10. The Kier molecular flexibility index (Phi) is 18.2. The molecule has 0 saturated heterocycles. The molecular formula is C26H45NO10S. The maximum atomic E-state index is 12.0. The number of nitrogens with one attached hydrogen (secondary N) is 1. The van der Waals surface area contributed by atoms with Gasteiger partial charge in [-0.25, -0.2) is 4.79 Å². The van der Waals surface area contributed by atoms with Crippen LogP contribution in [0.1, 0.15) is 39.2 Å². The first-order valence-corrected chi connectivity index (χ1v) is 14.3. The van der Waals surface area contributed by atoms with Crippen LogP contribution in [0, 0.1) is 6.92 Å². The van der Waals surface area contributed by atoms with Gasteiger partial charge in [0.2, 0.25) is 0 Å². The molecule has 0 atom stereocenters. The van der Waals surface area contributed by atoms with Gasteiger partial charge in [0.1, 0.15) is 5.60 Å². The van der Waals surface area contributed by atoms with Gasteiger partial charge in [-0.2, -0.15) is 8.42 Å². The Labute approximate surface area is 227 Å². The Balaban J connectivity index is 1.78. The van der Waals surface area contributed by atoms with Crippen LogP contribution in [-0.4, -0.2) is 99.3 Å². The van der Waals surface area contributed by atoms with Crippen LogP contribution in [0.3, 0.4) is 0 Å². The van der Waals surface area contributed by atoms with Crippen molar-refractivity contribution in [2.24, 2.45) is 0 Å². The van der Waals surface area contributed by atoms with Crippen molar-refractivity contribution in [1.29, 1.82) is 0 Å². The van der Waals surface area contributed by atoms with Crippen molar-refractivity contribution in [2.45, 2.75) is 51.0 Å². The third kappa shape index (κ3) is 19.3. The van der Waals surface area contributed by atoms with E-state index in [0.717, 1.165) is 18.4 Å². The van der Waals surface area contributed by atoms with Crippen LogP contribution in [0.15, 0.2) is 29.2 Å². The van der Waals surface area contributed by atoms with E-state index in [2.05, 4.69) is 5.32 Å². The molecule has 220 valence electrons. The Morgan fingerprint density at radius 2 is 1.16 bits per heavy atom. The molecule has 1 N–H and O–H groups in total. The van der Waals surface area contributed by atoms with E-state index in [9.17, 15) is 13.2 Å². The second-order valence-corrected chi connectivity index (χ2v) is 10.9. The van der Waals surface area contributed by atoms with Crippen molar-refractivity contribution in [3.63, 3.8) is 0 Å². The molecule has 1 rings (SSSR count). The van der Waals surface area contributed by atoms with Gasteiger partial charge < -0.3 is 33.7 Å². The van der Waals surface area contributed by atoms with Crippen molar-refractivity contribution >= 4 is 16.2 Å². The summed E-state index contributed by atoms with van der Waals surface area (Å²) < 4.78 is 61.3. The molecule has 11 nitrogen and oxygen atoms in total. The second-order valence-electron chi connectivity index (χ2n) is 9.29. The van der Waals surface area contributed by atoms with Crippen molar-refractivity contribution in [3.8, 4) is 0 Å². The van der Waals surface area contributed by atoms with E-state index in [1.807, 2.05) is 27.7 Å².